The predicted molar refractivity (Wildman–Crippen MR) is 63.1 cm³/mol. The molecule has 0 aliphatic carbocycles. The Hall–Kier alpha value is -0.900. The Morgan fingerprint density at radius 3 is 2.88 bits per heavy atom. The molecule has 0 aromatic heterocycles. The number of aliphatic hydroxyl groups is 1. The minimum Gasteiger partial charge on any atom is -0.392 e. The quantitative estimate of drug-likeness (QED) is 0.834. The molecule has 0 radical (unpaired) electrons. The predicted octanol–water partition coefficient (Wildman–Crippen LogP) is 1.27. The van der Waals surface area contributed by atoms with Gasteiger partial charge < -0.3 is 9.84 Å². The summed E-state index contributed by atoms with van der Waals surface area (Å²) in [6.45, 7) is 5.00. The maximum absolute atomic E-state index is 9.70. The number of benzene rings is 1. The lowest BCUT2D eigenvalue weighted by molar-refractivity contribution is -0.0567. The van der Waals surface area contributed by atoms with Crippen molar-refractivity contribution in [3.63, 3.8) is 0 Å². The monoisotopic (exact) mass is 221 g/mol. The van der Waals surface area contributed by atoms with Crippen molar-refractivity contribution in [2.24, 2.45) is 0 Å². The van der Waals surface area contributed by atoms with Gasteiger partial charge in [-0.05, 0) is 12.5 Å². The molecule has 0 spiro atoms. The Labute approximate surface area is 96.6 Å². The van der Waals surface area contributed by atoms with Crippen molar-refractivity contribution in [3.05, 3.63) is 35.9 Å². The first kappa shape index (κ1) is 11.6. The molecule has 0 amide bonds. The molecule has 1 aromatic rings. The maximum Gasteiger partial charge on any atom is 0.0689 e. The van der Waals surface area contributed by atoms with Crippen LogP contribution >= 0.6 is 0 Å². The van der Waals surface area contributed by atoms with Gasteiger partial charge in [0.25, 0.3) is 0 Å². The molecule has 0 saturated carbocycles. The molecule has 1 aromatic carbocycles. The fourth-order valence-electron chi connectivity index (χ4n) is 2.12. The summed E-state index contributed by atoms with van der Waals surface area (Å²) in [5.41, 5.74) is 1.29. The van der Waals surface area contributed by atoms with Gasteiger partial charge in [0.1, 0.15) is 0 Å². The molecule has 1 fully saturated rings. The van der Waals surface area contributed by atoms with Crippen LogP contribution in [0.4, 0.5) is 0 Å². The summed E-state index contributed by atoms with van der Waals surface area (Å²) in [6, 6.07) is 10.5. The van der Waals surface area contributed by atoms with Crippen molar-refractivity contribution < 1.29 is 9.84 Å². The van der Waals surface area contributed by atoms with Crippen LogP contribution in [0, 0.1) is 0 Å². The van der Waals surface area contributed by atoms with E-state index in [0.29, 0.717) is 6.61 Å². The maximum atomic E-state index is 9.70. The van der Waals surface area contributed by atoms with E-state index in [9.17, 15) is 5.11 Å². The van der Waals surface area contributed by atoms with Crippen LogP contribution in [0.3, 0.4) is 0 Å². The number of morpholine rings is 1. The minimum atomic E-state index is -0.344. The highest BCUT2D eigenvalue weighted by Crippen LogP contribution is 2.14. The Balaban J connectivity index is 2.01. The van der Waals surface area contributed by atoms with Gasteiger partial charge in [-0.25, -0.2) is 0 Å². The van der Waals surface area contributed by atoms with Gasteiger partial charge in [-0.2, -0.15) is 0 Å². The second-order valence-electron chi connectivity index (χ2n) is 4.34. The molecular formula is C13H19NO2. The Kier molecular flexibility index (Phi) is 3.93. The fraction of sp³-hybridized carbons (Fsp3) is 0.538. The van der Waals surface area contributed by atoms with E-state index in [0.717, 1.165) is 19.7 Å². The smallest absolute Gasteiger partial charge is 0.0689 e. The average molecular weight is 221 g/mol. The molecule has 1 aliphatic heterocycles. The van der Waals surface area contributed by atoms with Crippen molar-refractivity contribution in [1.29, 1.82) is 0 Å². The van der Waals surface area contributed by atoms with E-state index in [1.165, 1.54) is 5.56 Å². The van der Waals surface area contributed by atoms with E-state index in [-0.39, 0.29) is 12.1 Å². The molecule has 16 heavy (non-hydrogen) atoms. The lowest BCUT2D eigenvalue weighted by Gasteiger charge is -2.37. The van der Waals surface area contributed by atoms with Crippen molar-refractivity contribution in [2.75, 3.05) is 19.8 Å². The SMILES string of the molecule is C[C@@H](O)[C@H]1COCCN1Cc1ccccc1. The van der Waals surface area contributed by atoms with Crippen LogP contribution in [0.2, 0.25) is 0 Å². The summed E-state index contributed by atoms with van der Waals surface area (Å²) >= 11 is 0. The number of rotatable bonds is 3. The highest BCUT2D eigenvalue weighted by atomic mass is 16.5. The second kappa shape index (κ2) is 5.43. The van der Waals surface area contributed by atoms with E-state index in [4.69, 9.17) is 4.74 Å². The third-order valence-electron chi connectivity index (χ3n) is 3.07. The largest absolute Gasteiger partial charge is 0.392 e. The number of hydrogen-bond acceptors (Lipinski definition) is 3. The molecular weight excluding hydrogens is 202 g/mol. The highest BCUT2D eigenvalue weighted by molar-refractivity contribution is 5.14. The van der Waals surface area contributed by atoms with E-state index < -0.39 is 0 Å². The average Bonchev–Trinajstić information content (AvgIpc) is 2.31. The second-order valence-corrected chi connectivity index (χ2v) is 4.34. The van der Waals surface area contributed by atoms with Crippen molar-refractivity contribution in [3.8, 4) is 0 Å². The van der Waals surface area contributed by atoms with Gasteiger partial charge in [0.2, 0.25) is 0 Å². The third kappa shape index (κ3) is 2.82. The van der Waals surface area contributed by atoms with Gasteiger partial charge in [-0.15, -0.1) is 0 Å². The number of hydrogen-bond donors (Lipinski definition) is 1. The Morgan fingerprint density at radius 1 is 1.44 bits per heavy atom. The number of ether oxygens (including phenoxy) is 1. The van der Waals surface area contributed by atoms with Gasteiger partial charge in [0, 0.05) is 13.1 Å². The zero-order valence-corrected chi connectivity index (χ0v) is 9.67. The van der Waals surface area contributed by atoms with Crippen molar-refractivity contribution >= 4 is 0 Å². The fourth-order valence-corrected chi connectivity index (χ4v) is 2.12. The van der Waals surface area contributed by atoms with E-state index in [1.807, 2.05) is 25.1 Å². The first-order valence-corrected chi connectivity index (χ1v) is 5.81. The lowest BCUT2D eigenvalue weighted by atomic mass is 10.1. The van der Waals surface area contributed by atoms with Gasteiger partial charge in [-0.1, -0.05) is 30.3 Å². The van der Waals surface area contributed by atoms with Gasteiger partial charge in [0.15, 0.2) is 0 Å². The Morgan fingerprint density at radius 2 is 2.19 bits per heavy atom. The number of nitrogens with zero attached hydrogens (tertiary/aromatic N) is 1. The van der Waals surface area contributed by atoms with Crippen LogP contribution in [0.25, 0.3) is 0 Å². The molecule has 1 aliphatic rings. The van der Waals surface area contributed by atoms with Crippen LogP contribution < -0.4 is 0 Å². The van der Waals surface area contributed by atoms with Crippen molar-refractivity contribution in [1.82, 2.24) is 4.90 Å². The van der Waals surface area contributed by atoms with Gasteiger partial charge in [-0.3, -0.25) is 4.90 Å². The van der Waals surface area contributed by atoms with E-state index in [2.05, 4.69) is 17.0 Å². The normalized spacial score (nSPS) is 24.2. The molecule has 88 valence electrons. The molecule has 1 heterocycles. The third-order valence-corrected chi connectivity index (χ3v) is 3.07. The van der Waals surface area contributed by atoms with Crippen LogP contribution in [0.15, 0.2) is 30.3 Å². The zero-order valence-electron chi connectivity index (χ0n) is 9.67. The van der Waals surface area contributed by atoms with E-state index >= 15 is 0 Å². The molecule has 2 atom stereocenters. The first-order chi connectivity index (χ1) is 7.77. The summed E-state index contributed by atoms with van der Waals surface area (Å²) in [5, 5.41) is 9.70. The topological polar surface area (TPSA) is 32.7 Å². The molecule has 1 N–H and O–H groups in total. The molecule has 1 saturated heterocycles. The first-order valence-electron chi connectivity index (χ1n) is 5.81. The molecule has 2 rings (SSSR count). The lowest BCUT2D eigenvalue weighted by Crippen LogP contribution is -2.50. The Bertz CT molecular complexity index is 313. The van der Waals surface area contributed by atoms with Crippen LogP contribution in [0.1, 0.15) is 12.5 Å². The summed E-state index contributed by atoms with van der Waals surface area (Å²) in [5.74, 6) is 0. The van der Waals surface area contributed by atoms with Crippen molar-refractivity contribution in [2.45, 2.75) is 25.6 Å². The molecule has 3 heteroatoms. The number of aliphatic hydroxyl groups excluding tert-OH is 1. The molecule has 0 bridgehead atoms. The highest BCUT2D eigenvalue weighted by Gasteiger charge is 2.26. The minimum absolute atomic E-state index is 0.119. The van der Waals surface area contributed by atoms with Gasteiger partial charge >= 0.3 is 0 Å². The van der Waals surface area contributed by atoms with Gasteiger partial charge in [0.05, 0.1) is 25.4 Å². The standard InChI is InChI=1S/C13H19NO2/c1-11(15)13-10-16-8-7-14(13)9-12-5-3-2-4-6-12/h2-6,11,13,15H,7-10H2,1H3/t11-,13-/m1/s1. The molecule has 0 unspecified atom stereocenters. The van der Waals surface area contributed by atoms with E-state index in [1.54, 1.807) is 0 Å². The van der Waals surface area contributed by atoms with Crippen LogP contribution in [0.5, 0.6) is 0 Å². The summed E-state index contributed by atoms with van der Waals surface area (Å²) in [4.78, 5) is 2.30. The van der Waals surface area contributed by atoms with Crippen LogP contribution in [-0.4, -0.2) is 41.9 Å². The van der Waals surface area contributed by atoms with Crippen LogP contribution in [-0.2, 0) is 11.3 Å². The molecule has 3 nitrogen and oxygen atoms in total. The summed E-state index contributed by atoms with van der Waals surface area (Å²) in [7, 11) is 0. The zero-order chi connectivity index (χ0) is 11.4. The summed E-state index contributed by atoms with van der Waals surface area (Å²) < 4.78 is 5.41. The summed E-state index contributed by atoms with van der Waals surface area (Å²) in [6.07, 6.45) is -0.344.